The molecule has 0 bridgehead atoms. The van der Waals surface area contributed by atoms with Crippen LogP contribution in [0.15, 0.2) is 0 Å². The fourth-order valence-corrected chi connectivity index (χ4v) is 8.71. The van der Waals surface area contributed by atoms with Gasteiger partial charge in [0.25, 0.3) is 0 Å². The lowest BCUT2D eigenvalue weighted by Crippen LogP contribution is -2.11. The zero-order valence-electron chi connectivity index (χ0n) is 10.8. The van der Waals surface area contributed by atoms with E-state index in [2.05, 4.69) is 20.8 Å². The van der Waals surface area contributed by atoms with E-state index in [9.17, 15) is 0 Å². The summed E-state index contributed by atoms with van der Waals surface area (Å²) in [5.41, 5.74) is 0. The standard InChI is InChI=1S/C12H30PSi/c1-4-8-13(9-5-2,10-6-3)11-7-12-14/h4-12H2,1-3,14H3/q+1. The Morgan fingerprint density at radius 3 is 1.50 bits per heavy atom. The third kappa shape index (κ3) is 5.51. The molecule has 0 aliphatic carbocycles. The highest BCUT2D eigenvalue weighted by Crippen LogP contribution is 2.60. The zero-order chi connectivity index (χ0) is 10.9. The summed E-state index contributed by atoms with van der Waals surface area (Å²) in [4.78, 5) is 0. The Kier molecular flexibility index (Phi) is 9.33. The minimum absolute atomic E-state index is 0.490. The van der Waals surface area contributed by atoms with Gasteiger partial charge < -0.3 is 0 Å². The van der Waals surface area contributed by atoms with Gasteiger partial charge in [-0.05, 0) is 25.7 Å². The summed E-state index contributed by atoms with van der Waals surface area (Å²) in [5.74, 6) is 0. The Morgan fingerprint density at radius 2 is 1.21 bits per heavy atom. The summed E-state index contributed by atoms with van der Waals surface area (Å²) in [6, 6.07) is 1.53. The van der Waals surface area contributed by atoms with E-state index in [0.29, 0.717) is 0 Å². The first kappa shape index (κ1) is 14.6. The molecule has 0 nitrogen and oxygen atoms in total. The van der Waals surface area contributed by atoms with Gasteiger partial charge in [0.15, 0.2) is 0 Å². The van der Waals surface area contributed by atoms with Crippen molar-refractivity contribution in [3.05, 3.63) is 0 Å². The molecule has 2 heteroatoms. The van der Waals surface area contributed by atoms with E-state index in [1.807, 2.05) is 0 Å². The van der Waals surface area contributed by atoms with Gasteiger partial charge in [0.2, 0.25) is 0 Å². The van der Waals surface area contributed by atoms with Crippen LogP contribution in [0, 0.1) is 0 Å². The molecule has 0 heterocycles. The number of hydrogen-bond acceptors (Lipinski definition) is 0. The molecular formula is C12H30PSi+. The van der Waals surface area contributed by atoms with Gasteiger partial charge in [-0.2, -0.15) is 0 Å². The molecule has 0 fully saturated rings. The summed E-state index contributed by atoms with van der Waals surface area (Å²) < 4.78 is 0. The Morgan fingerprint density at radius 1 is 0.786 bits per heavy atom. The molecule has 0 saturated carbocycles. The maximum Gasteiger partial charge on any atom is 0.0591 e. The molecule has 0 radical (unpaired) electrons. The molecule has 0 aromatic rings. The van der Waals surface area contributed by atoms with Crippen molar-refractivity contribution in [2.24, 2.45) is 0 Å². The van der Waals surface area contributed by atoms with Gasteiger partial charge in [-0.3, -0.25) is 0 Å². The van der Waals surface area contributed by atoms with Crippen LogP contribution in [0.2, 0.25) is 6.04 Å². The number of rotatable bonds is 9. The van der Waals surface area contributed by atoms with Crippen molar-refractivity contribution in [2.75, 3.05) is 24.6 Å². The summed E-state index contributed by atoms with van der Waals surface area (Å²) >= 11 is 0. The van der Waals surface area contributed by atoms with Crippen molar-refractivity contribution < 1.29 is 0 Å². The topological polar surface area (TPSA) is 0 Å². The van der Waals surface area contributed by atoms with Crippen LogP contribution >= 0.6 is 7.26 Å². The molecular weight excluding hydrogens is 203 g/mol. The third-order valence-electron chi connectivity index (χ3n) is 3.08. The van der Waals surface area contributed by atoms with E-state index in [1.165, 1.54) is 35.5 Å². The second kappa shape index (κ2) is 8.92. The average molecular weight is 233 g/mol. The van der Waals surface area contributed by atoms with E-state index in [1.54, 1.807) is 31.1 Å². The highest BCUT2D eigenvalue weighted by atomic mass is 31.2. The minimum atomic E-state index is -0.490. The smallest absolute Gasteiger partial charge is 0.0591 e. The first-order valence-electron chi connectivity index (χ1n) is 6.59. The second-order valence-corrected chi connectivity index (χ2v) is 10.1. The molecule has 0 unspecified atom stereocenters. The van der Waals surface area contributed by atoms with Crippen molar-refractivity contribution in [1.29, 1.82) is 0 Å². The predicted octanol–water partition coefficient (Wildman–Crippen LogP) is 3.41. The molecule has 0 aliphatic rings. The zero-order valence-corrected chi connectivity index (χ0v) is 13.7. The average Bonchev–Trinajstić information content (AvgIpc) is 2.16. The molecule has 0 saturated heterocycles. The molecule has 14 heavy (non-hydrogen) atoms. The second-order valence-electron chi connectivity index (χ2n) is 4.59. The number of hydrogen-bond donors (Lipinski definition) is 0. The monoisotopic (exact) mass is 233 g/mol. The molecule has 0 aromatic carbocycles. The van der Waals surface area contributed by atoms with E-state index < -0.39 is 7.26 Å². The van der Waals surface area contributed by atoms with Crippen LogP contribution in [0.3, 0.4) is 0 Å². The van der Waals surface area contributed by atoms with E-state index >= 15 is 0 Å². The highest BCUT2D eigenvalue weighted by Gasteiger charge is 2.33. The maximum atomic E-state index is 2.38. The molecule has 0 aliphatic heterocycles. The third-order valence-corrected chi connectivity index (χ3v) is 9.24. The molecule has 0 atom stereocenters. The van der Waals surface area contributed by atoms with Crippen LogP contribution in [0.25, 0.3) is 0 Å². The van der Waals surface area contributed by atoms with Gasteiger partial charge in [0.1, 0.15) is 0 Å². The quantitative estimate of drug-likeness (QED) is 0.423. The highest BCUT2D eigenvalue weighted by molar-refractivity contribution is 7.75. The molecule has 0 amide bonds. The molecule has 86 valence electrons. The fraction of sp³-hybridized carbons (Fsp3) is 1.00. The van der Waals surface area contributed by atoms with Crippen LogP contribution in [0.4, 0.5) is 0 Å². The fourth-order valence-electron chi connectivity index (χ4n) is 2.59. The van der Waals surface area contributed by atoms with Crippen LogP contribution in [-0.2, 0) is 0 Å². The molecule has 0 N–H and O–H groups in total. The lowest BCUT2D eigenvalue weighted by molar-refractivity contribution is 0.962. The van der Waals surface area contributed by atoms with Crippen molar-refractivity contribution >= 4 is 17.5 Å². The van der Waals surface area contributed by atoms with Gasteiger partial charge >= 0.3 is 0 Å². The van der Waals surface area contributed by atoms with Gasteiger partial charge in [-0.15, -0.1) is 0 Å². The first-order chi connectivity index (χ1) is 6.74. The van der Waals surface area contributed by atoms with Crippen LogP contribution < -0.4 is 0 Å². The summed E-state index contributed by atoms with van der Waals surface area (Å²) in [7, 11) is 0.922. The Hall–Kier alpha value is 0.647. The maximum absolute atomic E-state index is 2.38. The lowest BCUT2D eigenvalue weighted by atomic mass is 10.5. The summed E-state index contributed by atoms with van der Waals surface area (Å²) in [6.45, 7) is 7.13. The lowest BCUT2D eigenvalue weighted by Gasteiger charge is -2.26. The van der Waals surface area contributed by atoms with Gasteiger partial charge in [-0.25, -0.2) is 0 Å². The summed E-state index contributed by atoms with van der Waals surface area (Å²) in [6.07, 6.45) is 12.2. The Bertz CT molecular complexity index is 108. The van der Waals surface area contributed by atoms with Crippen LogP contribution in [0.1, 0.15) is 46.5 Å². The normalized spacial score (nSPS) is 12.2. The van der Waals surface area contributed by atoms with Crippen LogP contribution in [-0.4, -0.2) is 34.9 Å². The largest absolute Gasteiger partial charge is 0.0624 e. The minimum Gasteiger partial charge on any atom is -0.0624 e. The van der Waals surface area contributed by atoms with Crippen molar-refractivity contribution in [3.63, 3.8) is 0 Å². The molecule has 0 rings (SSSR count). The Balaban J connectivity index is 4.21. The first-order valence-corrected chi connectivity index (χ1v) is 10.5. The van der Waals surface area contributed by atoms with Crippen molar-refractivity contribution in [2.45, 2.75) is 52.5 Å². The summed E-state index contributed by atoms with van der Waals surface area (Å²) in [5, 5.41) is 0. The van der Waals surface area contributed by atoms with Gasteiger partial charge in [-0.1, -0.05) is 26.8 Å². The van der Waals surface area contributed by atoms with Crippen molar-refractivity contribution in [3.8, 4) is 0 Å². The van der Waals surface area contributed by atoms with Crippen molar-refractivity contribution in [1.82, 2.24) is 0 Å². The molecule has 0 aromatic heterocycles. The predicted molar refractivity (Wildman–Crippen MR) is 76.6 cm³/mol. The van der Waals surface area contributed by atoms with Crippen LogP contribution in [0.5, 0.6) is 0 Å². The van der Waals surface area contributed by atoms with E-state index in [4.69, 9.17) is 0 Å². The van der Waals surface area contributed by atoms with E-state index in [-0.39, 0.29) is 0 Å². The van der Waals surface area contributed by atoms with Gasteiger partial charge in [0, 0.05) is 17.5 Å². The SMILES string of the molecule is CCC[P+](CCC)(CCC)CCC[SiH3]. The van der Waals surface area contributed by atoms with E-state index in [0.717, 1.165) is 0 Å². The van der Waals surface area contributed by atoms with Gasteiger partial charge in [0.05, 0.1) is 24.6 Å². The Labute approximate surface area is 95.0 Å². The molecule has 0 spiro atoms.